The van der Waals surface area contributed by atoms with Gasteiger partial charge in [-0.1, -0.05) is 52.2 Å². The van der Waals surface area contributed by atoms with Crippen LogP contribution in [0.25, 0.3) is 0 Å². The van der Waals surface area contributed by atoms with Crippen molar-refractivity contribution in [3.05, 3.63) is 21.8 Å². The highest BCUT2D eigenvalue weighted by Gasteiger charge is 2.59. The van der Waals surface area contributed by atoms with Crippen LogP contribution in [0.2, 0.25) is 0 Å². The number of nitrogens with zero attached hydrogens (tertiary/aromatic N) is 2. The summed E-state index contributed by atoms with van der Waals surface area (Å²) < 4.78 is 0. The fourth-order valence-corrected chi connectivity index (χ4v) is 4.39. The van der Waals surface area contributed by atoms with Gasteiger partial charge in [0.15, 0.2) is 5.03 Å². The van der Waals surface area contributed by atoms with Crippen LogP contribution in [0.3, 0.4) is 0 Å². The molecule has 0 saturated heterocycles. The average Bonchev–Trinajstić information content (AvgIpc) is 3.21. The van der Waals surface area contributed by atoms with Crippen LogP contribution in [-0.4, -0.2) is 52.3 Å². The van der Waals surface area contributed by atoms with Crippen LogP contribution >= 0.6 is 0 Å². The maximum absolute atomic E-state index is 13.1. The van der Waals surface area contributed by atoms with E-state index in [0.29, 0.717) is 19.3 Å². The number of nitrogens with one attached hydrogen (secondary N) is 2. The summed E-state index contributed by atoms with van der Waals surface area (Å²) in [6, 6.07) is 0. The molecule has 0 bridgehead atoms. The summed E-state index contributed by atoms with van der Waals surface area (Å²) in [5.74, 6) is -2.24. The average molecular weight is 497 g/mol. The van der Waals surface area contributed by atoms with Gasteiger partial charge >= 0.3 is 7.12 Å². The van der Waals surface area contributed by atoms with Crippen LogP contribution in [0.15, 0.2) is 16.6 Å². The van der Waals surface area contributed by atoms with Crippen molar-refractivity contribution in [3.8, 4) is 0 Å². The predicted molar refractivity (Wildman–Crippen MR) is 137 cm³/mol. The van der Waals surface area contributed by atoms with E-state index in [0.717, 1.165) is 5.57 Å². The van der Waals surface area contributed by atoms with Crippen molar-refractivity contribution < 1.29 is 24.7 Å². The van der Waals surface area contributed by atoms with Gasteiger partial charge in [-0.3, -0.25) is 9.59 Å². The molecule has 1 saturated carbocycles. The topological polar surface area (TPSA) is 180 Å². The number of nitrogens with two attached hydrogens (primary N) is 1. The highest BCUT2D eigenvalue weighted by molar-refractivity contribution is 6.43. The van der Waals surface area contributed by atoms with E-state index in [4.69, 9.17) is 5.73 Å². The largest absolute Gasteiger partial charge is 0.475 e. The lowest BCUT2D eigenvalue weighted by Crippen LogP contribution is -2.49. The number of hydrogen-bond acceptors (Lipinski definition) is 7. The van der Waals surface area contributed by atoms with Crippen LogP contribution in [-0.2, 0) is 9.59 Å². The van der Waals surface area contributed by atoms with Gasteiger partial charge < -0.3 is 21.1 Å². The van der Waals surface area contributed by atoms with Crippen molar-refractivity contribution >= 4 is 24.8 Å². The van der Waals surface area contributed by atoms with Gasteiger partial charge in [-0.2, -0.15) is 0 Å². The minimum Gasteiger partial charge on any atom is -0.426 e. The highest BCUT2D eigenvalue weighted by Crippen LogP contribution is 2.60. The van der Waals surface area contributed by atoms with Crippen LogP contribution in [0.1, 0.15) is 74.7 Å². The third-order valence-corrected chi connectivity index (χ3v) is 6.20. The van der Waals surface area contributed by atoms with E-state index in [2.05, 4.69) is 16.4 Å². The number of allylic oxidation sites excluding steroid dienone is 2. The van der Waals surface area contributed by atoms with E-state index in [-0.39, 0.29) is 55.3 Å². The second-order valence-electron chi connectivity index (χ2n) is 10.4. The van der Waals surface area contributed by atoms with Crippen molar-refractivity contribution in [3.63, 3.8) is 0 Å². The maximum Gasteiger partial charge on any atom is 0.475 e. The summed E-state index contributed by atoms with van der Waals surface area (Å²) in [6.07, 6.45) is 3.15. The maximum atomic E-state index is 13.1. The first-order valence-electron chi connectivity index (χ1n) is 11.7. The molecule has 12 heteroatoms. The van der Waals surface area contributed by atoms with Gasteiger partial charge in [0.1, 0.15) is 5.78 Å². The molecular formula is C23H44BN5O6. The normalized spacial score (nSPS) is 20.2. The van der Waals surface area contributed by atoms with Crippen LogP contribution < -0.4 is 16.5 Å². The number of amides is 1. The monoisotopic (exact) mass is 497 g/mol. The SMILES string of the molecule is C.CC(C)=CC1C(C(=O)C[C@@H](CCCN=C(N)N[N+](=O)[O-])C(=O)N[C@@H](CC(C)C)B(O)O)C1(C)C. The van der Waals surface area contributed by atoms with Crippen molar-refractivity contribution in [2.24, 2.45) is 39.8 Å². The van der Waals surface area contributed by atoms with E-state index < -0.39 is 29.9 Å². The number of hydrogen-bond donors (Lipinski definition) is 5. The zero-order chi connectivity index (χ0) is 26.2. The van der Waals surface area contributed by atoms with E-state index in [1.54, 1.807) is 5.43 Å². The molecule has 0 aromatic carbocycles. The van der Waals surface area contributed by atoms with E-state index in [1.807, 2.05) is 41.5 Å². The molecule has 200 valence electrons. The second-order valence-corrected chi connectivity index (χ2v) is 10.4. The Morgan fingerprint density at radius 2 is 1.89 bits per heavy atom. The summed E-state index contributed by atoms with van der Waals surface area (Å²) >= 11 is 0. The number of Topliss-reactive ketones (excluding diaryl/α,β-unsaturated/α-hetero) is 1. The molecular weight excluding hydrogens is 453 g/mol. The lowest BCUT2D eigenvalue weighted by molar-refractivity contribution is -0.525. The molecule has 0 aliphatic heterocycles. The predicted octanol–water partition coefficient (Wildman–Crippen LogP) is 1.86. The molecule has 0 heterocycles. The second kappa shape index (κ2) is 14.2. The van der Waals surface area contributed by atoms with Crippen LogP contribution in [0.5, 0.6) is 0 Å². The summed E-state index contributed by atoms with van der Waals surface area (Å²) in [7, 11) is -1.72. The molecule has 1 aliphatic rings. The minimum absolute atomic E-state index is 0. The number of hydrazine groups is 1. The molecule has 0 aromatic rings. The lowest BCUT2D eigenvalue weighted by Gasteiger charge is -2.23. The number of guanidine groups is 1. The van der Waals surface area contributed by atoms with Gasteiger partial charge in [-0.15, -0.1) is 0 Å². The quantitative estimate of drug-likeness (QED) is 0.0459. The fourth-order valence-electron chi connectivity index (χ4n) is 4.39. The highest BCUT2D eigenvalue weighted by atomic mass is 16.7. The molecule has 0 radical (unpaired) electrons. The van der Waals surface area contributed by atoms with Gasteiger partial charge in [0.25, 0.3) is 5.96 Å². The fraction of sp³-hybridized carbons (Fsp3) is 0.783. The van der Waals surface area contributed by atoms with Gasteiger partial charge in [0.2, 0.25) is 5.91 Å². The Labute approximate surface area is 209 Å². The minimum atomic E-state index is -1.72. The number of rotatable bonds is 14. The summed E-state index contributed by atoms with van der Waals surface area (Å²) in [5, 5.41) is 31.6. The molecule has 1 amide bonds. The smallest absolute Gasteiger partial charge is 0.426 e. The lowest BCUT2D eigenvalue weighted by atomic mass is 9.74. The molecule has 2 unspecified atom stereocenters. The van der Waals surface area contributed by atoms with Crippen LogP contribution in [0.4, 0.5) is 0 Å². The number of aliphatic imine (C=N–C) groups is 1. The van der Waals surface area contributed by atoms with E-state index in [9.17, 15) is 29.8 Å². The Kier molecular flexibility index (Phi) is 13.2. The van der Waals surface area contributed by atoms with Crippen LogP contribution in [0, 0.1) is 39.2 Å². The van der Waals surface area contributed by atoms with Crippen molar-refractivity contribution in [2.45, 2.75) is 80.6 Å². The third kappa shape index (κ3) is 10.8. The number of carbonyl (C=O) groups is 2. The molecule has 1 rings (SSSR count). The first-order valence-corrected chi connectivity index (χ1v) is 11.7. The molecule has 35 heavy (non-hydrogen) atoms. The van der Waals surface area contributed by atoms with Crippen molar-refractivity contribution in [2.75, 3.05) is 6.54 Å². The number of nitro groups is 1. The first-order chi connectivity index (χ1) is 15.7. The number of carbonyl (C=O) groups excluding carboxylic acids is 2. The van der Waals surface area contributed by atoms with E-state index >= 15 is 0 Å². The van der Waals surface area contributed by atoms with Gasteiger partial charge in [0.05, 0.1) is 5.94 Å². The molecule has 1 fully saturated rings. The molecule has 6 N–H and O–H groups in total. The van der Waals surface area contributed by atoms with E-state index in [1.165, 1.54) is 0 Å². The Morgan fingerprint density at radius 3 is 2.37 bits per heavy atom. The zero-order valence-electron chi connectivity index (χ0n) is 21.1. The molecule has 0 aromatic heterocycles. The Morgan fingerprint density at radius 1 is 1.29 bits per heavy atom. The van der Waals surface area contributed by atoms with Crippen molar-refractivity contribution in [1.82, 2.24) is 10.7 Å². The van der Waals surface area contributed by atoms with Crippen molar-refractivity contribution in [1.29, 1.82) is 0 Å². The summed E-state index contributed by atoms with van der Waals surface area (Å²) in [5.41, 5.74) is 8.12. The Balaban J connectivity index is 0.0000116. The summed E-state index contributed by atoms with van der Waals surface area (Å²) in [4.78, 5) is 40.5. The standard InChI is InChI=1S/C22H40BN5O6.CH4/c1-13(2)10-16-19(22(16,5)6)17(29)12-15(8-7-9-25-21(24)27-28(33)34)20(30)26-18(23(31)32)11-14(3)4;/h10,14-16,18-19,31-32H,7-9,11-12H2,1-6H3,(H,26,30)(H3,24,25,27);1H4/t15-,16?,18+,19?;/m1./s1. The van der Waals surface area contributed by atoms with Gasteiger partial charge in [-0.05, 0) is 50.4 Å². The Bertz CT molecular complexity index is 795. The molecule has 4 atom stereocenters. The molecule has 0 spiro atoms. The molecule has 11 nitrogen and oxygen atoms in total. The molecule has 1 aliphatic carbocycles. The van der Waals surface area contributed by atoms with Gasteiger partial charge in [0, 0.05) is 24.8 Å². The van der Waals surface area contributed by atoms with Gasteiger partial charge in [-0.25, -0.2) is 15.1 Å². The Hall–Kier alpha value is -2.47. The zero-order valence-corrected chi connectivity index (χ0v) is 21.1. The first kappa shape index (κ1) is 32.5. The summed E-state index contributed by atoms with van der Waals surface area (Å²) in [6.45, 7) is 12.0. The number of ketones is 1. The third-order valence-electron chi connectivity index (χ3n) is 6.20.